The van der Waals surface area contributed by atoms with Gasteiger partial charge in [-0.2, -0.15) is 5.26 Å². The van der Waals surface area contributed by atoms with Gasteiger partial charge in [-0.15, -0.1) is 0 Å². The Morgan fingerprint density at radius 1 is 0.929 bits per heavy atom. The summed E-state index contributed by atoms with van der Waals surface area (Å²) in [7, 11) is 4.59. The number of anilines is 1. The Hall–Kier alpha value is -3.92. The van der Waals surface area contributed by atoms with Crippen molar-refractivity contribution < 1.29 is 19.3 Å². The van der Waals surface area contributed by atoms with E-state index in [1.54, 1.807) is 42.5 Å². The maximum Gasteiger partial charge on any atom is 0.203 e. The van der Waals surface area contributed by atoms with Crippen LogP contribution >= 0.6 is 0 Å². The highest BCUT2D eigenvalue weighted by atomic mass is 16.5. The molecule has 0 amide bonds. The maximum absolute atomic E-state index is 9.54. The van der Waals surface area contributed by atoms with Gasteiger partial charge in [0.1, 0.15) is 23.2 Å². The van der Waals surface area contributed by atoms with E-state index in [9.17, 15) is 10.4 Å². The first kappa shape index (κ1) is 18.9. The lowest BCUT2D eigenvalue weighted by atomic mass is 9.98. The number of methoxy groups -OCH3 is 3. The van der Waals surface area contributed by atoms with Gasteiger partial charge in [-0.05, 0) is 35.9 Å². The summed E-state index contributed by atoms with van der Waals surface area (Å²) in [5, 5.41) is 19.1. The Labute approximate surface area is 162 Å². The van der Waals surface area contributed by atoms with E-state index in [1.807, 2.05) is 0 Å². The summed E-state index contributed by atoms with van der Waals surface area (Å²) in [6.07, 6.45) is 0. The van der Waals surface area contributed by atoms with Gasteiger partial charge in [0.05, 0.1) is 27.0 Å². The predicted octanol–water partition coefficient (Wildman–Crippen LogP) is 3.60. The van der Waals surface area contributed by atoms with Crippen molar-refractivity contribution in [2.75, 3.05) is 27.1 Å². The van der Waals surface area contributed by atoms with E-state index in [2.05, 4.69) is 11.1 Å². The molecule has 0 aliphatic rings. The van der Waals surface area contributed by atoms with E-state index < -0.39 is 0 Å². The minimum absolute atomic E-state index is 0.108. The number of aromatic nitrogens is 1. The number of ether oxygens (including phenoxy) is 3. The van der Waals surface area contributed by atoms with Crippen molar-refractivity contribution in [2.45, 2.75) is 0 Å². The van der Waals surface area contributed by atoms with Gasteiger partial charge in [0, 0.05) is 11.1 Å². The zero-order valence-electron chi connectivity index (χ0n) is 15.7. The van der Waals surface area contributed by atoms with E-state index in [4.69, 9.17) is 19.9 Å². The van der Waals surface area contributed by atoms with Crippen LogP contribution in [0.5, 0.6) is 23.0 Å². The van der Waals surface area contributed by atoms with Crippen molar-refractivity contribution in [1.29, 1.82) is 5.26 Å². The number of phenols is 1. The molecule has 0 saturated heterocycles. The lowest BCUT2D eigenvalue weighted by Crippen LogP contribution is -2.01. The molecule has 3 aromatic rings. The number of hydrogen-bond donors (Lipinski definition) is 2. The van der Waals surface area contributed by atoms with E-state index in [0.717, 1.165) is 5.56 Å². The van der Waals surface area contributed by atoms with E-state index in [1.165, 1.54) is 21.3 Å². The van der Waals surface area contributed by atoms with Crippen LogP contribution in [-0.4, -0.2) is 31.4 Å². The molecule has 2 aromatic carbocycles. The molecule has 0 aliphatic heterocycles. The summed E-state index contributed by atoms with van der Waals surface area (Å²) < 4.78 is 16.2. The van der Waals surface area contributed by atoms with Crippen molar-refractivity contribution in [3.05, 3.63) is 48.0 Å². The molecule has 3 N–H and O–H groups in total. The van der Waals surface area contributed by atoms with Crippen molar-refractivity contribution in [3.63, 3.8) is 0 Å². The van der Waals surface area contributed by atoms with Crippen LogP contribution in [0, 0.1) is 11.3 Å². The first-order valence-corrected chi connectivity index (χ1v) is 8.32. The second-order valence-corrected chi connectivity index (χ2v) is 5.89. The molecule has 0 bridgehead atoms. The number of nitrogens with zero attached hydrogens (tertiary/aromatic N) is 2. The van der Waals surface area contributed by atoms with Gasteiger partial charge in [0.2, 0.25) is 5.75 Å². The zero-order valence-corrected chi connectivity index (χ0v) is 15.7. The lowest BCUT2D eigenvalue weighted by Gasteiger charge is -2.15. The zero-order chi connectivity index (χ0) is 20.3. The Morgan fingerprint density at radius 2 is 1.54 bits per heavy atom. The molecule has 0 saturated carbocycles. The van der Waals surface area contributed by atoms with Crippen molar-refractivity contribution in [2.24, 2.45) is 0 Å². The van der Waals surface area contributed by atoms with E-state index >= 15 is 0 Å². The fourth-order valence-electron chi connectivity index (χ4n) is 2.93. The third-order valence-electron chi connectivity index (χ3n) is 4.30. The minimum atomic E-state index is 0.108. The highest BCUT2D eigenvalue weighted by Crippen LogP contribution is 2.42. The van der Waals surface area contributed by atoms with Crippen LogP contribution in [0.1, 0.15) is 5.56 Å². The fourth-order valence-corrected chi connectivity index (χ4v) is 2.93. The predicted molar refractivity (Wildman–Crippen MR) is 106 cm³/mol. The molecule has 7 nitrogen and oxygen atoms in total. The van der Waals surface area contributed by atoms with Gasteiger partial charge < -0.3 is 25.1 Å². The molecule has 0 radical (unpaired) electrons. The van der Waals surface area contributed by atoms with Crippen LogP contribution in [0.15, 0.2) is 42.5 Å². The van der Waals surface area contributed by atoms with Crippen molar-refractivity contribution >= 4 is 5.82 Å². The number of nitrogens with two attached hydrogens (primary N) is 1. The molecular formula is C21H19N3O4. The van der Waals surface area contributed by atoms with Crippen molar-refractivity contribution in [1.82, 2.24) is 4.98 Å². The summed E-state index contributed by atoms with van der Waals surface area (Å²) >= 11 is 0. The van der Waals surface area contributed by atoms with Crippen LogP contribution in [0.3, 0.4) is 0 Å². The topological polar surface area (TPSA) is 111 Å². The molecule has 0 unspecified atom stereocenters. The molecule has 0 atom stereocenters. The van der Waals surface area contributed by atoms with Crippen molar-refractivity contribution in [3.8, 4) is 51.5 Å². The molecule has 0 spiro atoms. The maximum atomic E-state index is 9.54. The number of pyridine rings is 1. The second kappa shape index (κ2) is 7.76. The van der Waals surface area contributed by atoms with E-state index in [0.29, 0.717) is 34.1 Å². The van der Waals surface area contributed by atoms with Crippen LogP contribution in [0.25, 0.3) is 22.4 Å². The number of nitriles is 1. The van der Waals surface area contributed by atoms with E-state index in [-0.39, 0.29) is 17.1 Å². The van der Waals surface area contributed by atoms with Gasteiger partial charge in [-0.25, -0.2) is 4.98 Å². The summed E-state index contributed by atoms with van der Waals surface area (Å²) in [5.41, 5.74) is 8.90. The average molecular weight is 377 g/mol. The smallest absolute Gasteiger partial charge is 0.203 e. The van der Waals surface area contributed by atoms with Gasteiger partial charge in [-0.1, -0.05) is 12.1 Å². The standard InChI is InChI=1S/C21H19N3O4/c1-26-18-8-13(9-19(27-2)20(18)28-3)17-10-15(16(11-22)21(23)24-17)12-4-6-14(25)7-5-12/h4-10,25H,1-3H3,(H2,23,24). The molecular weight excluding hydrogens is 358 g/mol. The fraction of sp³-hybridized carbons (Fsp3) is 0.143. The third kappa shape index (κ3) is 3.35. The SMILES string of the molecule is COc1cc(-c2cc(-c3ccc(O)cc3)c(C#N)c(N)n2)cc(OC)c1OC. The molecule has 1 heterocycles. The molecule has 3 rings (SSSR count). The van der Waals surface area contributed by atoms with Crippen LogP contribution < -0.4 is 19.9 Å². The van der Waals surface area contributed by atoms with Gasteiger partial charge in [0.15, 0.2) is 11.5 Å². The molecule has 0 aliphatic carbocycles. The Kier molecular flexibility index (Phi) is 5.23. The number of nitrogen functional groups attached to an aromatic ring is 1. The third-order valence-corrected chi connectivity index (χ3v) is 4.30. The van der Waals surface area contributed by atoms with Gasteiger partial charge in [-0.3, -0.25) is 0 Å². The average Bonchev–Trinajstić information content (AvgIpc) is 2.72. The Balaban J connectivity index is 2.24. The number of rotatable bonds is 5. The Bertz CT molecular complexity index is 1030. The largest absolute Gasteiger partial charge is 0.508 e. The summed E-state index contributed by atoms with van der Waals surface area (Å²) in [6.45, 7) is 0. The number of aromatic hydroxyl groups is 1. The normalized spacial score (nSPS) is 10.2. The van der Waals surface area contributed by atoms with Crippen LogP contribution in [0.2, 0.25) is 0 Å². The van der Waals surface area contributed by atoms with Gasteiger partial charge >= 0.3 is 0 Å². The molecule has 142 valence electrons. The number of phenolic OH excluding ortho intramolecular Hbond substituents is 1. The monoisotopic (exact) mass is 377 g/mol. The molecule has 0 fully saturated rings. The summed E-state index contributed by atoms with van der Waals surface area (Å²) in [6, 6.07) is 13.9. The Morgan fingerprint density at radius 3 is 2.04 bits per heavy atom. The van der Waals surface area contributed by atoms with Crippen LogP contribution in [-0.2, 0) is 0 Å². The second-order valence-electron chi connectivity index (χ2n) is 5.89. The van der Waals surface area contributed by atoms with Gasteiger partial charge in [0.25, 0.3) is 0 Å². The highest BCUT2D eigenvalue weighted by Gasteiger charge is 2.18. The minimum Gasteiger partial charge on any atom is -0.508 e. The quantitative estimate of drug-likeness (QED) is 0.699. The number of hydrogen-bond acceptors (Lipinski definition) is 7. The summed E-state index contributed by atoms with van der Waals surface area (Å²) in [4.78, 5) is 4.38. The first-order valence-electron chi connectivity index (χ1n) is 8.32. The van der Waals surface area contributed by atoms with Crippen LogP contribution in [0.4, 0.5) is 5.82 Å². The highest BCUT2D eigenvalue weighted by molar-refractivity contribution is 5.81. The summed E-state index contributed by atoms with van der Waals surface area (Å²) in [5.74, 6) is 1.67. The molecule has 7 heteroatoms. The lowest BCUT2D eigenvalue weighted by molar-refractivity contribution is 0.324. The molecule has 28 heavy (non-hydrogen) atoms. The first-order chi connectivity index (χ1) is 13.5. The molecule has 1 aromatic heterocycles. The number of benzene rings is 2.